The molecule has 0 amide bonds. The number of aromatic nitrogens is 2. The van der Waals surface area contributed by atoms with E-state index < -0.39 is 5.97 Å². The maximum Gasteiger partial charge on any atom is 0.340 e. The van der Waals surface area contributed by atoms with E-state index in [-0.39, 0.29) is 17.6 Å². The fourth-order valence-corrected chi connectivity index (χ4v) is 2.51. The van der Waals surface area contributed by atoms with Gasteiger partial charge in [-0.1, -0.05) is 13.8 Å². The summed E-state index contributed by atoms with van der Waals surface area (Å²) in [6.45, 7) is 7.62. The van der Waals surface area contributed by atoms with Crippen molar-refractivity contribution in [2.24, 2.45) is 0 Å². The highest BCUT2D eigenvalue weighted by Gasteiger charge is 2.19. The lowest BCUT2D eigenvalue weighted by Crippen LogP contribution is -2.13. The second-order valence-corrected chi connectivity index (χ2v) is 5.67. The number of aryl methyl sites for hydroxylation is 1. The molecule has 1 aromatic heterocycles. The van der Waals surface area contributed by atoms with Crippen LogP contribution in [0.2, 0.25) is 0 Å². The molecular formula is C13H20N2O3S. The zero-order chi connectivity index (χ0) is 14.6. The lowest BCUT2D eigenvalue weighted by molar-refractivity contribution is 0.0690. The summed E-state index contributed by atoms with van der Waals surface area (Å²) < 4.78 is 5.17. The Bertz CT molecular complexity index is 463. The van der Waals surface area contributed by atoms with Gasteiger partial charge in [-0.05, 0) is 13.8 Å². The highest BCUT2D eigenvalue weighted by Crippen LogP contribution is 2.25. The number of ether oxygens (including phenoxy) is 1. The third-order valence-corrected chi connectivity index (χ3v) is 3.87. The van der Waals surface area contributed by atoms with Gasteiger partial charge in [-0.25, -0.2) is 14.8 Å². The summed E-state index contributed by atoms with van der Waals surface area (Å²) in [4.78, 5) is 20.0. The van der Waals surface area contributed by atoms with Crippen LogP contribution in [0.5, 0.6) is 0 Å². The normalized spacial score (nSPS) is 12.7. The third-order valence-electron chi connectivity index (χ3n) is 2.66. The molecule has 1 N–H and O–H groups in total. The third kappa shape index (κ3) is 4.18. The Labute approximate surface area is 117 Å². The van der Waals surface area contributed by atoms with E-state index in [2.05, 4.69) is 9.97 Å². The summed E-state index contributed by atoms with van der Waals surface area (Å²) in [5.74, 6) is 0.515. The van der Waals surface area contributed by atoms with Crippen LogP contribution in [0.25, 0.3) is 0 Å². The SMILES string of the molecule is COC(C)CSc1nc(C(C)C)nc(C)c1C(=O)O. The van der Waals surface area contributed by atoms with E-state index in [1.54, 1.807) is 14.0 Å². The Morgan fingerprint density at radius 2 is 2.00 bits per heavy atom. The Hall–Kier alpha value is -1.14. The van der Waals surface area contributed by atoms with Gasteiger partial charge in [0.2, 0.25) is 0 Å². The molecule has 1 rings (SSSR count). The fourth-order valence-electron chi connectivity index (χ4n) is 1.44. The predicted octanol–water partition coefficient (Wildman–Crippen LogP) is 2.73. The van der Waals surface area contributed by atoms with Crippen LogP contribution in [0.15, 0.2) is 5.03 Å². The molecule has 5 nitrogen and oxygen atoms in total. The number of hydrogen-bond donors (Lipinski definition) is 1. The van der Waals surface area contributed by atoms with Gasteiger partial charge in [0.05, 0.1) is 11.8 Å². The van der Waals surface area contributed by atoms with Crippen LogP contribution in [0, 0.1) is 6.92 Å². The van der Waals surface area contributed by atoms with Gasteiger partial charge >= 0.3 is 5.97 Å². The van der Waals surface area contributed by atoms with E-state index >= 15 is 0 Å². The molecule has 6 heteroatoms. The zero-order valence-electron chi connectivity index (χ0n) is 11.9. The molecule has 1 aromatic rings. The summed E-state index contributed by atoms with van der Waals surface area (Å²) in [6.07, 6.45) is 0.0458. The van der Waals surface area contributed by atoms with Crippen molar-refractivity contribution in [3.05, 3.63) is 17.1 Å². The van der Waals surface area contributed by atoms with Crippen molar-refractivity contribution in [1.82, 2.24) is 9.97 Å². The first-order valence-electron chi connectivity index (χ1n) is 6.14. The molecule has 1 atom stereocenters. The van der Waals surface area contributed by atoms with Crippen LogP contribution >= 0.6 is 11.8 Å². The standard InChI is InChI=1S/C13H20N2O3S/c1-7(2)11-14-9(4)10(13(16)17)12(15-11)19-6-8(3)18-5/h7-8H,6H2,1-5H3,(H,16,17). The van der Waals surface area contributed by atoms with Crippen LogP contribution < -0.4 is 0 Å². The molecule has 0 fully saturated rings. The molecule has 106 valence electrons. The highest BCUT2D eigenvalue weighted by atomic mass is 32.2. The second-order valence-electron chi connectivity index (χ2n) is 4.66. The van der Waals surface area contributed by atoms with Crippen molar-refractivity contribution in [2.75, 3.05) is 12.9 Å². The fraction of sp³-hybridized carbons (Fsp3) is 0.615. The van der Waals surface area contributed by atoms with Gasteiger partial charge in [-0.2, -0.15) is 0 Å². The van der Waals surface area contributed by atoms with Crippen LogP contribution in [0.3, 0.4) is 0 Å². The summed E-state index contributed by atoms with van der Waals surface area (Å²) in [5.41, 5.74) is 0.705. The minimum absolute atomic E-state index is 0.0458. The molecule has 1 unspecified atom stereocenters. The predicted molar refractivity (Wildman–Crippen MR) is 75.0 cm³/mol. The van der Waals surface area contributed by atoms with E-state index in [1.807, 2.05) is 20.8 Å². The first-order valence-corrected chi connectivity index (χ1v) is 7.12. The molecule has 0 radical (unpaired) electrons. The summed E-state index contributed by atoms with van der Waals surface area (Å²) in [5, 5.41) is 9.79. The van der Waals surface area contributed by atoms with Gasteiger partial charge in [0.25, 0.3) is 0 Å². The molecule has 0 saturated carbocycles. The van der Waals surface area contributed by atoms with Crippen molar-refractivity contribution < 1.29 is 14.6 Å². The average molecular weight is 284 g/mol. The molecule has 19 heavy (non-hydrogen) atoms. The monoisotopic (exact) mass is 284 g/mol. The number of methoxy groups -OCH3 is 1. The molecule has 0 aromatic carbocycles. The Morgan fingerprint density at radius 1 is 1.37 bits per heavy atom. The molecule has 0 aliphatic carbocycles. The van der Waals surface area contributed by atoms with Crippen LogP contribution in [0.1, 0.15) is 48.6 Å². The van der Waals surface area contributed by atoms with Crippen molar-refractivity contribution in [3.8, 4) is 0 Å². The summed E-state index contributed by atoms with van der Waals surface area (Å²) in [7, 11) is 1.63. The van der Waals surface area contributed by atoms with Crippen molar-refractivity contribution in [2.45, 2.75) is 44.7 Å². The number of nitrogens with zero attached hydrogens (tertiary/aromatic N) is 2. The molecule has 0 spiro atoms. The van der Waals surface area contributed by atoms with E-state index in [0.717, 1.165) is 0 Å². The van der Waals surface area contributed by atoms with Gasteiger partial charge < -0.3 is 9.84 Å². The summed E-state index contributed by atoms with van der Waals surface area (Å²) in [6, 6.07) is 0. The summed E-state index contributed by atoms with van der Waals surface area (Å²) >= 11 is 1.40. The minimum Gasteiger partial charge on any atom is -0.478 e. The van der Waals surface area contributed by atoms with Gasteiger partial charge in [0.1, 0.15) is 16.4 Å². The van der Waals surface area contributed by atoms with Gasteiger partial charge in [0.15, 0.2) is 0 Å². The van der Waals surface area contributed by atoms with Gasteiger partial charge in [-0.3, -0.25) is 0 Å². The van der Waals surface area contributed by atoms with Crippen molar-refractivity contribution in [3.63, 3.8) is 0 Å². The Balaban J connectivity index is 3.13. The van der Waals surface area contributed by atoms with Crippen LogP contribution in [-0.4, -0.2) is 40.0 Å². The molecular weight excluding hydrogens is 264 g/mol. The first-order chi connectivity index (χ1) is 8.86. The number of aromatic carboxylic acids is 1. The van der Waals surface area contributed by atoms with E-state index in [1.165, 1.54) is 11.8 Å². The van der Waals surface area contributed by atoms with Gasteiger partial charge in [0, 0.05) is 18.8 Å². The van der Waals surface area contributed by atoms with E-state index in [4.69, 9.17) is 4.74 Å². The van der Waals surface area contributed by atoms with Crippen molar-refractivity contribution >= 4 is 17.7 Å². The molecule has 0 aliphatic rings. The molecule has 0 bridgehead atoms. The highest BCUT2D eigenvalue weighted by molar-refractivity contribution is 7.99. The number of carboxylic acids is 1. The lowest BCUT2D eigenvalue weighted by Gasteiger charge is -2.13. The molecule has 0 saturated heterocycles. The number of hydrogen-bond acceptors (Lipinski definition) is 5. The number of carbonyl (C=O) groups is 1. The Kier molecular flexibility index (Phi) is 5.75. The molecule has 1 heterocycles. The number of carboxylic acid groups (broad SMARTS) is 1. The van der Waals surface area contributed by atoms with E-state index in [0.29, 0.717) is 22.3 Å². The first kappa shape index (κ1) is 15.9. The van der Waals surface area contributed by atoms with Gasteiger partial charge in [-0.15, -0.1) is 11.8 Å². The largest absolute Gasteiger partial charge is 0.478 e. The minimum atomic E-state index is -0.986. The lowest BCUT2D eigenvalue weighted by atomic mass is 10.2. The maximum absolute atomic E-state index is 11.3. The average Bonchev–Trinajstić information content (AvgIpc) is 2.34. The second kappa shape index (κ2) is 6.86. The quantitative estimate of drug-likeness (QED) is 0.639. The topological polar surface area (TPSA) is 72.3 Å². The van der Waals surface area contributed by atoms with Crippen molar-refractivity contribution in [1.29, 1.82) is 0 Å². The molecule has 0 aliphatic heterocycles. The Morgan fingerprint density at radius 3 is 2.47 bits per heavy atom. The van der Waals surface area contributed by atoms with Crippen LogP contribution in [0.4, 0.5) is 0 Å². The smallest absolute Gasteiger partial charge is 0.340 e. The van der Waals surface area contributed by atoms with E-state index in [9.17, 15) is 9.90 Å². The number of thioether (sulfide) groups is 1. The maximum atomic E-state index is 11.3. The number of rotatable bonds is 6. The van der Waals surface area contributed by atoms with Crippen LogP contribution in [-0.2, 0) is 4.74 Å². The zero-order valence-corrected chi connectivity index (χ0v) is 12.7.